The van der Waals surface area contributed by atoms with E-state index in [1.165, 1.54) is 7.11 Å². The van der Waals surface area contributed by atoms with Gasteiger partial charge in [0.15, 0.2) is 6.61 Å². The minimum atomic E-state index is -0.730. The van der Waals surface area contributed by atoms with Gasteiger partial charge in [-0.1, -0.05) is 35.9 Å². The third kappa shape index (κ3) is 8.10. The van der Waals surface area contributed by atoms with E-state index in [9.17, 15) is 14.4 Å². The number of urea groups is 1. The minimum Gasteiger partial charge on any atom is -0.452 e. The number of halogens is 1. The second-order valence-electron chi connectivity index (χ2n) is 6.22. The summed E-state index contributed by atoms with van der Waals surface area (Å²) in [5.41, 5.74) is 1.99. The maximum absolute atomic E-state index is 12.4. The van der Waals surface area contributed by atoms with Crippen molar-refractivity contribution in [3.05, 3.63) is 64.7 Å². The van der Waals surface area contributed by atoms with Crippen LogP contribution in [0.1, 0.15) is 15.9 Å². The molecule has 160 valence electrons. The molecule has 9 heteroatoms. The van der Waals surface area contributed by atoms with E-state index in [4.69, 9.17) is 21.1 Å². The van der Waals surface area contributed by atoms with Gasteiger partial charge in [-0.05, 0) is 36.2 Å². The summed E-state index contributed by atoms with van der Waals surface area (Å²) in [5, 5.41) is 8.37. The summed E-state index contributed by atoms with van der Waals surface area (Å²) in [6, 6.07) is 13.7. The number of methoxy groups -OCH3 is 1. The Balaban J connectivity index is 1.82. The third-order valence-electron chi connectivity index (χ3n) is 3.97. The number of hydrogen-bond donors (Lipinski definition) is 3. The monoisotopic (exact) mass is 433 g/mol. The molecule has 30 heavy (non-hydrogen) atoms. The zero-order valence-corrected chi connectivity index (χ0v) is 17.3. The summed E-state index contributed by atoms with van der Waals surface area (Å²) >= 11 is 5.88. The van der Waals surface area contributed by atoms with Crippen LogP contribution in [-0.4, -0.2) is 51.3 Å². The number of hydrogen-bond acceptors (Lipinski definition) is 6. The predicted octanol–water partition coefficient (Wildman–Crippen LogP) is 2.62. The number of para-hydroxylation sites is 1. The second kappa shape index (κ2) is 12.5. The van der Waals surface area contributed by atoms with Crippen LogP contribution in [0.5, 0.6) is 0 Å². The Morgan fingerprint density at radius 2 is 1.73 bits per heavy atom. The molecule has 2 rings (SSSR count). The maximum atomic E-state index is 12.4. The van der Waals surface area contributed by atoms with Gasteiger partial charge in [-0.3, -0.25) is 10.1 Å². The van der Waals surface area contributed by atoms with Crippen molar-refractivity contribution in [3.8, 4) is 0 Å². The van der Waals surface area contributed by atoms with E-state index >= 15 is 0 Å². The van der Waals surface area contributed by atoms with Gasteiger partial charge in [0.05, 0.1) is 12.2 Å². The van der Waals surface area contributed by atoms with E-state index in [0.29, 0.717) is 29.4 Å². The number of rotatable bonds is 10. The number of esters is 1. The van der Waals surface area contributed by atoms with Gasteiger partial charge >= 0.3 is 12.0 Å². The van der Waals surface area contributed by atoms with E-state index in [0.717, 1.165) is 12.0 Å². The first-order valence-electron chi connectivity index (χ1n) is 9.30. The molecule has 2 aromatic carbocycles. The molecule has 3 amide bonds. The van der Waals surface area contributed by atoms with E-state index in [-0.39, 0.29) is 6.54 Å². The van der Waals surface area contributed by atoms with Gasteiger partial charge < -0.3 is 20.1 Å². The fourth-order valence-electron chi connectivity index (χ4n) is 2.49. The van der Waals surface area contributed by atoms with Gasteiger partial charge in [0.1, 0.15) is 0 Å². The molecule has 0 radical (unpaired) electrons. The average molecular weight is 434 g/mol. The fraction of sp³-hybridized carbons (Fsp3) is 0.286. The molecule has 0 atom stereocenters. The standard InChI is InChI=1S/C21H24ClN3O5/c1-29-13-12-24-21(28)25-19(26)14-30-20(27)17-4-2-3-5-18(17)23-11-10-15-6-8-16(22)9-7-15/h2-9,23H,10-14H2,1H3,(H2,24,25,26,28). The largest absolute Gasteiger partial charge is 0.452 e. The number of carbonyl (C=O) groups is 3. The van der Waals surface area contributed by atoms with Crippen LogP contribution in [0.3, 0.4) is 0 Å². The van der Waals surface area contributed by atoms with Gasteiger partial charge in [0.25, 0.3) is 5.91 Å². The van der Waals surface area contributed by atoms with Crippen molar-refractivity contribution in [2.75, 3.05) is 38.7 Å². The molecule has 0 saturated heterocycles. The van der Waals surface area contributed by atoms with Gasteiger partial charge in [-0.2, -0.15) is 0 Å². The Bertz CT molecular complexity index is 858. The highest BCUT2D eigenvalue weighted by atomic mass is 35.5. The highest BCUT2D eigenvalue weighted by Crippen LogP contribution is 2.17. The zero-order chi connectivity index (χ0) is 21.8. The molecular weight excluding hydrogens is 410 g/mol. The Hall–Kier alpha value is -3.10. The summed E-state index contributed by atoms with van der Waals surface area (Å²) < 4.78 is 9.81. The predicted molar refractivity (Wildman–Crippen MR) is 114 cm³/mol. The van der Waals surface area contributed by atoms with Crippen molar-refractivity contribution in [1.29, 1.82) is 0 Å². The Kier molecular flexibility index (Phi) is 9.63. The number of carbonyl (C=O) groups excluding carboxylic acids is 3. The zero-order valence-electron chi connectivity index (χ0n) is 16.6. The van der Waals surface area contributed by atoms with Crippen molar-refractivity contribution in [2.24, 2.45) is 0 Å². The lowest BCUT2D eigenvalue weighted by molar-refractivity contribution is -0.123. The summed E-state index contributed by atoms with van der Waals surface area (Å²) in [4.78, 5) is 35.6. The number of anilines is 1. The molecule has 2 aromatic rings. The quantitative estimate of drug-likeness (QED) is 0.393. The number of amides is 3. The Morgan fingerprint density at radius 1 is 1.00 bits per heavy atom. The molecule has 0 fully saturated rings. The molecule has 0 saturated carbocycles. The van der Waals surface area contributed by atoms with Gasteiger partial charge in [-0.25, -0.2) is 9.59 Å². The number of ether oxygens (including phenoxy) is 2. The van der Waals surface area contributed by atoms with Crippen molar-refractivity contribution >= 4 is 35.2 Å². The van der Waals surface area contributed by atoms with Crippen LogP contribution in [-0.2, 0) is 20.7 Å². The molecule has 0 aromatic heterocycles. The van der Waals surface area contributed by atoms with Crippen LogP contribution >= 0.6 is 11.6 Å². The first kappa shape index (κ1) is 23.2. The topological polar surface area (TPSA) is 106 Å². The summed E-state index contributed by atoms with van der Waals surface area (Å²) in [6.07, 6.45) is 0.737. The van der Waals surface area contributed by atoms with Crippen LogP contribution in [0.25, 0.3) is 0 Å². The molecule has 0 aliphatic carbocycles. The first-order valence-corrected chi connectivity index (χ1v) is 9.68. The molecule has 0 aliphatic rings. The molecule has 8 nitrogen and oxygen atoms in total. The number of imide groups is 1. The average Bonchev–Trinajstić information content (AvgIpc) is 2.74. The smallest absolute Gasteiger partial charge is 0.340 e. The highest BCUT2D eigenvalue weighted by Gasteiger charge is 2.15. The van der Waals surface area contributed by atoms with E-state index in [1.54, 1.807) is 24.3 Å². The molecule has 0 bridgehead atoms. The fourth-order valence-corrected chi connectivity index (χ4v) is 2.62. The van der Waals surface area contributed by atoms with Crippen molar-refractivity contribution in [2.45, 2.75) is 6.42 Å². The van der Waals surface area contributed by atoms with Crippen LogP contribution in [0.4, 0.5) is 10.5 Å². The number of nitrogens with one attached hydrogen (secondary N) is 3. The van der Waals surface area contributed by atoms with E-state index in [2.05, 4.69) is 16.0 Å². The summed E-state index contributed by atoms with van der Waals surface area (Å²) in [6.45, 7) is 0.590. The van der Waals surface area contributed by atoms with Crippen LogP contribution in [0, 0.1) is 0 Å². The summed E-state index contributed by atoms with van der Waals surface area (Å²) in [5.74, 6) is -1.40. The van der Waals surface area contributed by atoms with E-state index < -0.39 is 24.5 Å². The minimum absolute atomic E-state index is 0.254. The number of benzene rings is 2. The van der Waals surface area contributed by atoms with Crippen molar-refractivity contribution in [3.63, 3.8) is 0 Å². The SMILES string of the molecule is COCCNC(=O)NC(=O)COC(=O)c1ccccc1NCCc1ccc(Cl)cc1. The molecule has 0 aliphatic heterocycles. The van der Waals surface area contributed by atoms with Gasteiger partial charge in [0, 0.05) is 30.9 Å². The molecular formula is C21H24ClN3O5. The maximum Gasteiger partial charge on any atom is 0.340 e. The van der Waals surface area contributed by atoms with Crippen molar-refractivity contribution in [1.82, 2.24) is 10.6 Å². The lowest BCUT2D eigenvalue weighted by Crippen LogP contribution is -2.42. The van der Waals surface area contributed by atoms with Gasteiger partial charge in [-0.15, -0.1) is 0 Å². The van der Waals surface area contributed by atoms with Crippen LogP contribution in [0.2, 0.25) is 5.02 Å². The first-order chi connectivity index (χ1) is 14.5. The molecule has 0 unspecified atom stereocenters. The molecule has 0 heterocycles. The van der Waals surface area contributed by atoms with E-state index in [1.807, 2.05) is 24.3 Å². The Morgan fingerprint density at radius 3 is 2.47 bits per heavy atom. The van der Waals surface area contributed by atoms with Gasteiger partial charge in [0.2, 0.25) is 0 Å². The van der Waals surface area contributed by atoms with Crippen LogP contribution < -0.4 is 16.0 Å². The molecule has 0 spiro atoms. The lowest BCUT2D eigenvalue weighted by Gasteiger charge is -2.12. The summed E-state index contributed by atoms with van der Waals surface area (Å²) in [7, 11) is 1.49. The second-order valence-corrected chi connectivity index (χ2v) is 6.66. The Labute approximate surface area is 179 Å². The normalized spacial score (nSPS) is 10.2. The molecule has 3 N–H and O–H groups in total. The van der Waals surface area contributed by atoms with Crippen LogP contribution in [0.15, 0.2) is 48.5 Å². The highest BCUT2D eigenvalue weighted by molar-refractivity contribution is 6.30. The lowest BCUT2D eigenvalue weighted by atomic mass is 10.1. The third-order valence-corrected chi connectivity index (χ3v) is 4.22. The van der Waals surface area contributed by atoms with Crippen molar-refractivity contribution < 1.29 is 23.9 Å².